The van der Waals surface area contributed by atoms with E-state index < -0.39 is 27.8 Å². The van der Waals surface area contributed by atoms with Crippen LogP contribution in [0.25, 0.3) is 10.9 Å². The zero-order valence-corrected chi connectivity index (χ0v) is 30.2. The standard InChI is InChI=1S/C35H41F3N10O4S/c1-39-31-28(35(36,37)38)20-40-33(43-31)41-25-10-15-47(16-11-25)53(51,52)26-5-3-4-22(18-26)21-46-13-8-23(9-14-46)24-6-7-27-29(19-24)45(2)44-32(27)48-17-12-30(49)42-34(48)50/h3-7,18-20,23,25H,8-17,21H2,1-2H3,(H,42,49,50)(H2,39,40,41,43). The first-order valence-corrected chi connectivity index (χ1v) is 19.0. The Morgan fingerprint density at radius 3 is 2.43 bits per heavy atom. The van der Waals surface area contributed by atoms with Crippen LogP contribution in [0.3, 0.4) is 0 Å². The van der Waals surface area contributed by atoms with Gasteiger partial charge in [-0.15, -0.1) is 0 Å². The number of benzene rings is 2. The van der Waals surface area contributed by atoms with Crippen molar-refractivity contribution in [3.05, 3.63) is 65.4 Å². The molecular formula is C35H41F3N10O4S. The van der Waals surface area contributed by atoms with Gasteiger partial charge in [0, 0.05) is 64.3 Å². The van der Waals surface area contributed by atoms with E-state index in [4.69, 9.17) is 0 Å². The zero-order valence-electron chi connectivity index (χ0n) is 29.4. The lowest BCUT2D eigenvalue weighted by Crippen LogP contribution is -2.49. The van der Waals surface area contributed by atoms with Crippen molar-refractivity contribution in [2.75, 3.05) is 55.3 Å². The van der Waals surface area contributed by atoms with Crippen LogP contribution in [0.1, 0.15) is 54.7 Å². The summed E-state index contributed by atoms with van der Waals surface area (Å²) in [5, 5.41) is 13.3. The molecule has 3 N–H and O–H groups in total. The Hall–Kier alpha value is -4.81. The van der Waals surface area contributed by atoms with Crippen molar-refractivity contribution in [3.8, 4) is 0 Å². The number of fused-ring (bicyclic) bond motifs is 1. The Kier molecular flexibility index (Phi) is 10.0. The van der Waals surface area contributed by atoms with Crippen molar-refractivity contribution in [1.82, 2.24) is 34.3 Å². The van der Waals surface area contributed by atoms with Crippen LogP contribution in [0.5, 0.6) is 0 Å². The number of carbonyl (C=O) groups excluding carboxylic acids is 2. The third-order valence-corrected chi connectivity index (χ3v) is 12.2. The molecule has 7 rings (SSSR count). The molecule has 0 aliphatic carbocycles. The van der Waals surface area contributed by atoms with E-state index in [9.17, 15) is 31.2 Å². The van der Waals surface area contributed by atoms with Crippen molar-refractivity contribution in [2.45, 2.75) is 61.7 Å². The first kappa shape index (κ1) is 36.5. The Morgan fingerprint density at radius 1 is 0.981 bits per heavy atom. The highest BCUT2D eigenvalue weighted by atomic mass is 32.2. The van der Waals surface area contributed by atoms with Crippen molar-refractivity contribution in [3.63, 3.8) is 0 Å². The number of nitrogens with one attached hydrogen (secondary N) is 3. The van der Waals surface area contributed by atoms with Gasteiger partial charge in [0.25, 0.3) is 0 Å². The van der Waals surface area contributed by atoms with Gasteiger partial charge in [-0.3, -0.25) is 24.6 Å². The number of halogens is 3. The van der Waals surface area contributed by atoms with Crippen molar-refractivity contribution < 1.29 is 31.2 Å². The van der Waals surface area contributed by atoms with Crippen LogP contribution < -0.4 is 20.9 Å². The SMILES string of the molecule is CNc1nc(NC2CCN(S(=O)(=O)c3cccc(CN4CCC(c5ccc6c(N7CCC(=O)NC7=O)nn(C)c6c5)CC4)c3)CC2)ncc1C(F)(F)F. The molecule has 3 amide bonds. The number of likely N-dealkylation sites (tertiary alicyclic amines) is 1. The normalized spacial score (nSPS) is 18.8. The van der Waals surface area contributed by atoms with Gasteiger partial charge >= 0.3 is 12.2 Å². The molecule has 3 fully saturated rings. The number of piperidine rings is 2. The van der Waals surface area contributed by atoms with E-state index in [0.717, 1.165) is 48.6 Å². The van der Waals surface area contributed by atoms with E-state index in [1.165, 1.54) is 21.8 Å². The fourth-order valence-electron chi connectivity index (χ4n) is 7.38. The number of sulfonamides is 1. The highest BCUT2D eigenvalue weighted by Gasteiger charge is 2.36. The second-order valence-corrected chi connectivity index (χ2v) is 15.6. The molecule has 2 aromatic heterocycles. The number of aryl methyl sites for hydroxylation is 1. The molecule has 3 saturated heterocycles. The highest BCUT2D eigenvalue weighted by molar-refractivity contribution is 7.89. The molecule has 0 radical (unpaired) electrons. The number of rotatable bonds is 9. The van der Waals surface area contributed by atoms with E-state index in [1.807, 2.05) is 19.2 Å². The summed E-state index contributed by atoms with van der Waals surface area (Å²) in [6, 6.07) is 12.6. The third kappa shape index (κ3) is 7.66. The Labute approximate surface area is 304 Å². The van der Waals surface area contributed by atoms with Crippen LogP contribution in [0.15, 0.2) is 53.6 Å². The van der Waals surface area contributed by atoms with Crippen LogP contribution in [0.2, 0.25) is 0 Å². The maximum absolute atomic E-state index is 13.7. The number of anilines is 3. The van der Waals surface area contributed by atoms with Gasteiger partial charge < -0.3 is 10.6 Å². The van der Waals surface area contributed by atoms with Crippen LogP contribution in [0.4, 0.5) is 35.5 Å². The lowest BCUT2D eigenvalue weighted by atomic mass is 9.89. The molecule has 4 aromatic rings. The first-order valence-electron chi connectivity index (χ1n) is 17.6. The van der Waals surface area contributed by atoms with Gasteiger partial charge in [0.2, 0.25) is 21.9 Å². The summed E-state index contributed by atoms with van der Waals surface area (Å²) in [5.74, 6) is 0.307. The summed E-state index contributed by atoms with van der Waals surface area (Å²) in [6.07, 6.45) is -0.870. The fourth-order valence-corrected chi connectivity index (χ4v) is 8.92. The van der Waals surface area contributed by atoms with E-state index in [-0.39, 0.29) is 54.7 Å². The topological polar surface area (TPSA) is 158 Å². The molecular weight excluding hydrogens is 714 g/mol. The molecule has 53 heavy (non-hydrogen) atoms. The number of amides is 3. The molecule has 14 nitrogen and oxygen atoms in total. The summed E-state index contributed by atoms with van der Waals surface area (Å²) in [5.41, 5.74) is 2.07. The van der Waals surface area contributed by atoms with Gasteiger partial charge in [0.1, 0.15) is 11.4 Å². The maximum Gasteiger partial charge on any atom is 0.421 e. The van der Waals surface area contributed by atoms with Gasteiger partial charge in [-0.1, -0.05) is 18.2 Å². The van der Waals surface area contributed by atoms with Gasteiger partial charge in [-0.05, 0) is 80.1 Å². The predicted octanol–water partition coefficient (Wildman–Crippen LogP) is 4.51. The van der Waals surface area contributed by atoms with Crippen LogP contribution >= 0.6 is 0 Å². The van der Waals surface area contributed by atoms with Gasteiger partial charge in [0.15, 0.2) is 5.82 Å². The van der Waals surface area contributed by atoms with E-state index in [1.54, 1.807) is 22.9 Å². The van der Waals surface area contributed by atoms with Gasteiger partial charge in [0.05, 0.1) is 10.4 Å². The largest absolute Gasteiger partial charge is 0.421 e. The second-order valence-electron chi connectivity index (χ2n) is 13.7. The molecule has 0 saturated carbocycles. The average Bonchev–Trinajstić information content (AvgIpc) is 3.46. The van der Waals surface area contributed by atoms with Crippen LogP contribution in [-0.4, -0.2) is 95.1 Å². The van der Waals surface area contributed by atoms with E-state index >= 15 is 0 Å². The first-order chi connectivity index (χ1) is 25.3. The maximum atomic E-state index is 13.7. The van der Waals surface area contributed by atoms with Gasteiger partial charge in [-0.2, -0.15) is 27.6 Å². The van der Waals surface area contributed by atoms with Crippen LogP contribution in [0, 0.1) is 0 Å². The molecule has 3 aliphatic heterocycles. The lowest BCUT2D eigenvalue weighted by molar-refractivity contribution is -0.137. The predicted molar refractivity (Wildman–Crippen MR) is 192 cm³/mol. The number of alkyl halides is 3. The minimum absolute atomic E-state index is 0.0499. The van der Waals surface area contributed by atoms with Gasteiger partial charge in [-0.25, -0.2) is 18.2 Å². The highest BCUT2D eigenvalue weighted by Crippen LogP contribution is 2.35. The molecule has 0 atom stereocenters. The molecule has 0 spiro atoms. The average molecular weight is 755 g/mol. The fraction of sp³-hybridized carbons (Fsp3) is 0.457. The smallest absolute Gasteiger partial charge is 0.372 e. The monoisotopic (exact) mass is 754 g/mol. The third-order valence-electron chi connectivity index (χ3n) is 10.3. The minimum atomic E-state index is -4.59. The second kappa shape index (κ2) is 14.5. The van der Waals surface area contributed by atoms with Crippen molar-refractivity contribution in [1.29, 1.82) is 0 Å². The molecule has 2 aromatic carbocycles. The van der Waals surface area contributed by atoms with E-state index in [2.05, 4.69) is 48.0 Å². The number of hydrogen-bond donors (Lipinski definition) is 3. The molecule has 0 unspecified atom stereocenters. The van der Waals surface area contributed by atoms with Crippen molar-refractivity contribution in [2.24, 2.45) is 7.05 Å². The number of nitrogens with zero attached hydrogens (tertiary/aromatic N) is 7. The number of carbonyl (C=O) groups is 2. The minimum Gasteiger partial charge on any atom is -0.372 e. The molecule has 0 bridgehead atoms. The number of aromatic nitrogens is 4. The van der Waals surface area contributed by atoms with E-state index in [0.29, 0.717) is 31.1 Å². The number of imide groups is 1. The Bertz CT molecular complexity index is 2130. The zero-order chi connectivity index (χ0) is 37.5. The Morgan fingerprint density at radius 2 is 1.74 bits per heavy atom. The molecule has 5 heterocycles. The number of hydrogen-bond acceptors (Lipinski definition) is 10. The summed E-state index contributed by atoms with van der Waals surface area (Å²) < 4.78 is 70.2. The lowest BCUT2D eigenvalue weighted by Gasteiger charge is -2.33. The number of urea groups is 1. The summed E-state index contributed by atoms with van der Waals surface area (Å²) in [4.78, 5) is 36.0. The quantitative estimate of drug-likeness (QED) is 0.222. The molecule has 282 valence electrons. The Balaban J connectivity index is 0.934. The van der Waals surface area contributed by atoms with Crippen LogP contribution in [-0.2, 0) is 34.6 Å². The summed E-state index contributed by atoms with van der Waals surface area (Å²) >= 11 is 0. The molecule has 3 aliphatic rings. The molecule has 18 heteroatoms. The van der Waals surface area contributed by atoms with Crippen molar-refractivity contribution >= 4 is 50.4 Å². The summed E-state index contributed by atoms with van der Waals surface area (Å²) in [7, 11) is -0.552. The summed E-state index contributed by atoms with van der Waals surface area (Å²) in [6.45, 7) is 3.09.